The summed E-state index contributed by atoms with van der Waals surface area (Å²) in [5.41, 5.74) is -2.13. The highest BCUT2D eigenvalue weighted by Gasteiger charge is 2.73. The van der Waals surface area contributed by atoms with E-state index in [2.05, 4.69) is 4.98 Å². The van der Waals surface area contributed by atoms with Gasteiger partial charge in [-0.1, -0.05) is 0 Å². The third-order valence-corrected chi connectivity index (χ3v) is 1.97. The molecule has 0 amide bonds. The number of pyridine rings is 1. The summed E-state index contributed by atoms with van der Waals surface area (Å²) >= 11 is 0. The van der Waals surface area contributed by atoms with Crippen LogP contribution in [0.1, 0.15) is 5.56 Å². The van der Waals surface area contributed by atoms with E-state index in [0.717, 1.165) is 0 Å². The van der Waals surface area contributed by atoms with E-state index in [1.54, 1.807) is 0 Å². The molecule has 0 aliphatic heterocycles. The van der Waals surface area contributed by atoms with E-state index in [9.17, 15) is 30.7 Å². The van der Waals surface area contributed by atoms with Crippen LogP contribution in [0.5, 0.6) is 0 Å². The van der Waals surface area contributed by atoms with Crippen molar-refractivity contribution < 1.29 is 30.7 Å². The summed E-state index contributed by atoms with van der Waals surface area (Å²) in [4.78, 5) is 3.01. The Bertz CT molecular complexity index is 378. The molecule has 0 radical (unpaired) electrons. The number of hydrogen-bond donors (Lipinski definition) is 1. The van der Waals surface area contributed by atoms with Crippen LogP contribution in [-0.2, 0) is 5.67 Å². The minimum atomic E-state index is -6.14. The number of hydrogen-bond acceptors (Lipinski definition) is 2. The van der Waals surface area contributed by atoms with Gasteiger partial charge in [0.05, 0.1) is 0 Å². The van der Waals surface area contributed by atoms with E-state index in [4.69, 9.17) is 5.73 Å². The van der Waals surface area contributed by atoms with Crippen molar-refractivity contribution in [3.8, 4) is 0 Å². The zero-order valence-corrected chi connectivity index (χ0v) is 7.90. The van der Waals surface area contributed by atoms with Crippen LogP contribution in [0.25, 0.3) is 0 Å². The van der Waals surface area contributed by atoms with Crippen LogP contribution in [-0.4, -0.2) is 17.3 Å². The molecule has 0 atom stereocenters. The average Bonchev–Trinajstić information content (AvgIpc) is 2.14. The SMILES string of the molecule is Nc1ccc(C(F)(C(F)(F)F)C(F)(F)F)cn1. The maximum Gasteiger partial charge on any atom is 0.436 e. The molecule has 0 saturated heterocycles. The van der Waals surface area contributed by atoms with Gasteiger partial charge in [-0.3, -0.25) is 0 Å². The third kappa shape index (κ3) is 2.13. The Kier molecular flexibility index (Phi) is 2.98. The van der Waals surface area contributed by atoms with Gasteiger partial charge in [-0.2, -0.15) is 26.3 Å². The molecule has 1 aromatic rings. The fourth-order valence-electron chi connectivity index (χ4n) is 1.10. The van der Waals surface area contributed by atoms with Crippen molar-refractivity contribution >= 4 is 5.82 Å². The van der Waals surface area contributed by atoms with Gasteiger partial charge >= 0.3 is 18.0 Å². The van der Waals surface area contributed by atoms with Crippen molar-refractivity contribution in [2.24, 2.45) is 0 Å². The quantitative estimate of drug-likeness (QED) is 0.790. The van der Waals surface area contributed by atoms with E-state index in [1.807, 2.05) is 0 Å². The molecule has 0 unspecified atom stereocenters. The second-order valence-corrected chi connectivity index (χ2v) is 3.13. The van der Waals surface area contributed by atoms with Crippen LogP contribution in [0, 0.1) is 0 Å². The molecule has 1 heterocycles. The molecule has 1 aromatic heterocycles. The maximum atomic E-state index is 13.3. The topological polar surface area (TPSA) is 38.9 Å². The van der Waals surface area contributed by atoms with Gasteiger partial charge < -0.3 is 5.73 Å². The predicted octanol–water partition coefficient (Wildman–Crippen LogP) is 2.95. The lowest BCUT2D eigenvalue weighted by Gasteiger charge is -2.29. The normalized spacial score (nSPS) is 13.8. The van der Waals surface area contributed by atoms with Crippen molar-refractivity contribution in [3.05, 3.63) is 23.9 Å². The molecule has 0 fully saturated rings. The molecular formula is C8H5F7N2. The molecule has 0 aliphatic rings. The first-order chi connectivity index (χ1) is 7.50. The lowest BCUT2D eigenvalue weighted by Crippen LogP contribution is -2.50. The molecule has 0 aromatic carbocycles. The van der Waals surface area contributed by atoms with E-state index in [-0.39, 0.29) is 12.0 Å². The minimum Gasteiger partial charge on any atom is -0.384 e. The van der Waals surface area contributed by atoms with Crippen LogP contribution in [0.15, 0.2) is 18.3 Å². The first-order valence-corrected chi connectivity index (χ1v) is 4.04. The van der Waals surface area contributed by atoms with Gasteiger partial charge in [0.2, 0.25) is 0 Å². The molecule has 0 spiro atoms. The van der Waals surface area contributed by atoms with Crippen molar-refractivity contribution in [3.63, 3.8) is 0 Å². The fourth-order valence-corrected chi connectivity index (χ4v) is 1.10. The minimum absolute atomic E-state index is 0.107. The second kappa shape index (κ2) is 3.74. The van der Waals surface area contributed by atoms with Gasteiger partial charge in [-0.25, -0.2) is 9.37 Å². The van der Waals surface area contributed by atoms with Crippen molar-refractivity contribution in [2.45, 2.75) is 18.0 Å². The van der Waals surface area contributed by atoms with E-state index >= 15 is 0 Å². The molecular weight excluding hydrogens is 257 g/mol. The summed E-state index contributed by atoms with van der Waals surface area (Å²) < 4.78 is 86.7. The van der Waals surface area contributed by atoms with Crippen molar-refractivity contribution in [1.82, 2.24) is 4.98 Å². The van der Waals surface area contributed by atoms with Gasteiger partial charge in [-0.05, 0) is 12.1 Å². The average molecular weight is 262 g/mol. The molecule has 2 N–H and O–H groups in total. The Morgan fingerprint density at radius 2 is 1.35 bits per heavy atom. The highest BCUT2D eigenvalue weighted by Crippen LogP contribution is 2.52. The summed E-state index contributed by atoms with van der Waals surface area (Å²) in [7, 11) is 0. The van der Waals surface area contributed by atoms with Crippen LogP contribution in [0.4, 0.5) is 36.6 Å². The van der Waals surface area contributed by atoms with Crippen LogP contribution in [0.3, 0.4) is 0 Å². The first kappa shape index (κ1) is 13.5. The summed E-state index contributed by atoms with van der Waals surface area (Å²) in [5, 5.41) is 0. The predicted molar refractivity (Wildman–Crippen MR) is 43.5 cm³/mol. The van der Waals surface area contributed by atoms with Crippen LogP contribution in [0.2, 0.25) is 0 Å². The summed E-state index contributed by atoms with van der Waals surface area (Å²) in [6, 6.07) is 0.949. The molecule has 96 valence electrons. The summed E-state index contributed by atoms with van der Waals surface area (Å²) in [6.45, 7) is 0. The van der Waals surface area contributed by atoms with Crippen molar-refractivity contribution in [2.75, 3.05) is 5.73 Å². The molecule has 0 bridgehead atoms. The summed E-state index contributed by atoms with van der Waals surface area (Å²) in [5.74, 6) is -0.319. The van der Waals surface area contributed by atoms with Gasteiger partial charge in [0, 0.05) is 11.8 Å². The molecule has 0 saturated carbocycles. The van der Waals surface area contributed by atoms with E-state index < -0.39 is 23.6 Å². The number of anilines is 1. The van der Waals surface area contributed by atoms with Gasteiger partial charge in [0.15, 0.2) is 0 Å². The Morgan fingerprint density at radius 1 is 0.882 bits per heavy atom. The van der Waals surface area contributed by atoms with Gasteiger partial charge in [0.1, 0.15) is 5.82 Å². The Hall–Kier alpha value is -1.54. The smallest absolute Gasteiger partial charge is 0.384 e. The molecule has 2 nitrogen and oxygen atoms in total. The van der Waals surface area contributed by atoms with Gasteiger partial charge in [-0.15, -0.1) is 0 Å². The van der Waals surface area contributed by atoms with E-state index in [0.29, 0.717) is 12.1 Å². The van der Waals surface area contributed by atoms with E-state index in [1.165, 1.54) is 0 Å². The third-order valence-electron chi connectivity index (χ3n) is 1.97. The second-order valence-electron chi connectivity index (χ2n) is 3.13. The lowest BCUT2D eigenvalue weighted by molar-refractivity contribution is -0.348. The monoisotopic (exact) mass is 262 g/mol. The fraction of sp³-hybridized carbons (Fsp3) is 0.375. The van der Waals surface area contributed by atoms with Crippen molar-refractivity contribution in [1.29, 1.82) is 0 Å². The Labute approximate surface area is 90.2 Å². The lowest BCUT2D eigenvalue weighted by atomic mass is 9.96. The molecule has 1 rings (SSSR count). The van der Waals surface area contributed by atoms with Crippen LogP contribution >= 0.6 is 0 Å². The van der Waals surface area contributed by atoms with Gasteiger partial charge in [0.25, 0.3) is 0 Å². The number of nitrogen functional groups attached to an aromatic ring is 1. The largest absolute Gasteiger partial charge is 0.436 e. The van der Waals surface area contributed by atoms with Crippen LogP contribution < -0.4 is 5.73 Å². The number of aromatic nitrogens is 1. The number of nitrogens with zero attached hydrogens (tertiary/aromatic N) is 1. The Balaban J connectivity index is 3.41. The summed E-state index contributed by atoms with van der Waals surface area (Å²) in [6.07, 6.45) is -12.2. The molecule has 17 heavy (non-hydrogen) atoms. The molecule has 9 heteroatoms. The number of nitrogens with two attached hydrogens (primary N) is 1. The number of rotatable bonds is 1. The zero-order valence-electron chi connectivity index (χ0n) is 7.90. The Morgan fingerprint density at radius 3 is 1.65 bits per heavy atom. The highest BCUT2D eigenvalue weighted by molar-refractivity contribution is 5.33. The number of halogens is 7. The maximum absolute atomic E-state index is 13.3. The molecule has 0 aliphatic carbocycles. The first-order valence-electron chi connectivity index (χ1n) is 4.04. The number of alkyl halides is 7. The standard InChI is InChI=1S/C8H5F7N2/c9-6(7(10,11)12,8(13,14)15)4-1-2-5(16)17-3-4/h1-3H,(H2,16,17). The highest BCUT2D eigenvalue weighted by atomic mass is 19.4. The zero-order chi connectivity index (χ0) is 13.5.